The summed E-state index contributed by atoms with van der Waals surface area (Å²) in [7, 11) is 0. The van der Waals surface area contributed by atoms with E-state index in [2.05, 4.69) is 10.4 Å². The molecule has 0 aliphatic rings. The van der Waals surface area contributed by atoms with E-state index in [0.717, 1.165) is 10.7 Å². The highest BCUT2D eigenvalue weighted by molar-refractivity contribution is 5.75. The predicted molar refractivity (Wildman–Crippen MR) is 127 cm³/mol. The van der Waals surface area contributed by atoms with Crippen molar-refractivity contribution in [2.75, 3.05) is 6.54 Å². The molecule has 0 radical (unpaired) electrons. The van der Waals surface area contributed by atoms with Gasteiger partial charge in [0.2, 0.25) is 5.91 Å². The summed E-state index contributed by atoms with van der Waals surface area (Å²) in [4.78, 5) is 25.7. The van der Waals surface area contributed by atoms with Crippen LogP contribution in [0.25, 0.3) is 11.4 Å². The number of phenols is 1. The fourth-order valence-corrected chi connectivity index (χ4v) is 3.91. The van der Waals surface area contributed by atoms with Gasteiger partial charge in [-0.25, -0.2) is 13.9 Å². The van der Waals surface area contributed by atoms with Crippen LogP contribution < -0.4 is 11.0 Å². The molecule has 7 nitrogen and oxygen atoms in total. The number of rotatable bonds is 8. The lowest BCUT2D eigenvalue weighted by molar-refractivity contribution is -0.138. The van der Waals surface area contributed by atoms with E-state index in [1.54, 1.807) is 24.3 Å². The van der Waals surface area contributed by atoms with Crippen molar-refractivity contribution < 1.29 is 27.5 Å². The maximum Gasteiger partial charge on any atom is 0.416 e. The molecule has 3 aromatic carbocycles. The van der Waals surface area contributed by atoms with Gasteiger partial charge >= 0.3 is 11.9 Å². The summed E-state index contributed by atoms with van der Waals surface area (Å²) in [6.45, 7) is -0.663. The molecular formula is C26H22F4N4O3. The first-order chi connectivity index (χ1) is 17.6. The Balaban J connectivity index is 1.54. The molecule has 4 aromatic rings. The van der Waals surface area contributed by atoms with Crippen LogP contribution in [-0.2, 0) is 30.5 Å². The minimum Gasteiger partial charge on any atom is -0.507 e. The van der Waals surface area contributed by atoms with E-state index in [0.29, 0.717) is 5.56 Å². The van der Waals surface area contributed by atoms with Gasteiger partial charge in [-0.3, -0.25) is 9.36 Å². The lowest BCUT2D eigenvalue weighted by atomic mass is 10.0. The fraction of sp³-hybridized carbons (Fsp3) is 0.192. The van der Waals surface area contributed by atoms with Gasteiger partial charge in [0, 0.05) is 6.54 Å². The van der Waals surface area contributed by atoms with Gasteiger partial charge in [-0.15, -0.1) is 5.10 Å². The van der Waals surface area contributed by atoms with Crippen molar-refractivity contribution in [1.82, 2.24) is 19.7 Å². The summed E-state index contributed by atoms with van der Waals surface area (Å²) >= 11 is 0. The van der Waals surface area contributed by atoms with Crippen LogP contribution in [-0.4, -0.2) is 31.9 Å². The van der Waals surface area contributed by atoms with E-state index >= 15 is 0 Å². The van der Waals surface area contributed by atoms with Crippen molar-refractivity contribution in [1.29, 1.82) is 0 Å². The average Bonchev–Trinajstić information content (AvgIpc) is 3.13. The van der Waals surface area contributed by atoms with E-state index in [1.165, 1.54) is 47.0 Å². The Morgan fingerprint density at radius 3 is 2.46 bits per heavy atom. The molecule has 0 unspecified atom stereocenters. The standard InChI is InChI=1S/C26H22F4N4O3/c27-19-8-5-6-17(14-19)15-33-24(20-9-2-4-11-22(20)35)32-34(25(33)37)16-23(36)31-13-12-18-7-1-3-10-21(18)26(28,29)30/h1-11,14,35H,12-13,15-16H2,(H,31,36). The molecule has 2 N–H and O–H groups in total. The second-order valence-corrected chi connectivity index (χ2v) is 8.25. The van der Waals surface area contributed by atoms with Crippen LogP contribution in [0.15, 0.2) is 77.6 Å². The highest BCUT2D eigenvalue weighted by Crippen LogP contribution is 2.32. The SMILES string of the molecule is O=C(Cn1nc(-c2ccccc2O)n(Cc2cccc(F)c2)c1=O)NCCc1ccccc1C(F)(F)F. The molecule has 1 heterocycles. The van der Waals surface area contributed by atoms with E-state index in [1.807, 2.05) is 0 Å². The molecule has 192 valence electrons. The average molecular weight is 514 g/mol. The van der Waals surface area contributed by atoms with E-state index in [-0.39, 0.29) is 42.2 Å². The quantitative estimate of drug-likeness (QED) is 0.348. The van der Waals surface area contributed by atoms with Gasteiger partial charge in [0.25, 0.3) is 0 Å². The Kier molecular flexibility index (Phi) is 7.42. The molecule has 0 fully saturated rings. The summed E-state index contributed by atoms with van der Waals surface area (Å²) in [6.07, 6.45) is -4.57. The van der Waals surface area contributed by atoms with Crippen LogP contribution in [0.3, 0.4) is 0 Å². The number of alkyl halides is 3. The van der Waals surface area contributed by atoms with Gasteiger partial charge in [0.15, 0.2) is 5.82 Å². The third-order valence-electron chi connectivity index (χ3n) is 5.63. The number of hydrogen-bond acceptors (Lipinski definition) is 4. The first-order valence-electron chi connectivity index (χ1n) is 11.3. The van der Waals surface area contributed by atoms with Gasteiger partial charge in [0.05, 0.1) is 17.7 Å². The number of carbonyl (C=O) groups excluding carboxylic acids is 1. The molecule has 4 rings (SSSR count). The van der Waals surface area contributed by atoms with Gasteiger partial charge in [-0.2, -0.15) is 13.2 Å². The first kappa shape index (κ1) is 25.7. The van der Waals surface area contributed by atoms with Gasteiger partial charge in [-0.1, -0.05) is 42.5 Å². The lowest BCUT2D eigenvalue weighted by Gasteiger charge is -2.12. The van der Waals surface area contributed by atoms with Crippen LogP contribution in [0.5, 0.6) is 5.75 Å². The third-order valence-corrected chi connectivity index (χ3v) is 5.63. The summed E-state index contributed by atoms with van der Waals surface area (Å²) < 4.78 is 55.3. The van der Waals surface area contributed by atoms with E-state index in [9.17, 15) is 32.3 Å². The topological polar surface area (TPSA) is 89.2 Å². The van der Waals surface area contributed by atoms with Crippen molar-refractivity contribution in [2.45, 2.75) is 25.7 Å². The number of aromatic hydroxyl groups is 1. The van der Waals surface area contributed by atoms with Crippen molar-refractivity contribution in [2.24, 2.45) is 0 Å². The number of nitrogens with one attached hydrogen (secondary N) is 1. The molecule has 0 saturated carbocycles. The molecule has 37 heavy (non-hydrogen) atoms. The molecule has 0 saturated heterocycles. The molecule has 0 bridgehead atoms. The molecule has 1 aromatic heterocycles. The summed E-state index contributed by atoms with van der Waals surface area (Å²) in [5.74, 6) is -1.20. The fourth-order valence-electron chi connectivity index (χ4n) is 3.91. The molecule has 11 heteroatoms. The van der Waals surface area contributed by atoms with Crippen LogP contribution in [0.1, 0.15) is 16.7 Å². The Morgan fingerprint density at radius 2 is 1.73 bits per heavy atom. The minimum atomic E-state index is -4.51. The third kappa shape index (κ3) is 6.05. The van der Waals surface area contributed by atoms with Crippen LogP contribution in [0.4, 0.5) is 17.6 Å². The monoisotopic (exact) mass is 514 g/mol. The second kappa shape index (κ2) is 10.7. The van der Waals surface area contributed by atoms with E-state index < -0.39 is 35.7 Å². The van der Waals surface area contributed by atoms with Gasteiger partial charge < -0.3 is 10.4 Å². The lowest BCUT2D eigenvalue weighted by Crippen LogP contribution is -2.34. The molecular weight excluding hydrogens is 492 g/mol. The normalized spacial score (nSPS) is 11.5. The maximum atomic E-state index is 13.7. The van der Waals surface area contributed by atoms with Crippen LogP contribution >= 0.6 is 0 Å². The Labute approximate surface area is 208 Å². The highest BCUT2D eigenvalue weighted by atomic mass is 19.4. The summed E-state index contributed by atoms with van der Waals surface area (Å²) in [5, 5.41) is 17.0. The second-order valence-electron chi connectivity index (χ2n) is 8.25. The Morgan fingerprint density at radius 1 is 1.00 bits per heavy atom. The molecule has 0 aliphatic heterocycles. The number of halogens is 4. The van der Waals surface area contributed by atoms with Crippen molar-refractivity contribution in [3.8, 4) is 17.1 Å². The smallest absolute Gasteiger partial charge is 0.416 e. The number of amides is 1. The predicted octanol–water partition coefficient (Wildman–Crippen LogP) is 3.98. The molecule has 1 amide bonds. The zero-order chi connectivity index (χ0) is 26.6. The zero-order valence-corrected chi connectivity index (χ0v) is 19.4. The molecule has 0 spiro atoms. The number of aromatic nitrogens is 3. The van der Waals surface area contributed by atoms with Crippen LogP contribution in [0.2, 0.25) is 0 Å². The Hall–Kier alpha value is -4.41. The number of para-hydroxylation sites is 1. The number of benzene rings is 3. The number of carbonyl (C=O) groups is 1. The number of hydrogen-bond donors (Lipinski definition) is 2. The van der Waals surface area contributed by atoms with Crippen molar-refractivity contribution in [3.05, 3.63) is 106 Å². The molecule has 0 atom stereocenters. The minimum absolute atomic E-state index is 0.0358. The maximum absolute atomic E-state index is 13.7. The molecule has 0 aliphatic carbocycles. The van der Waals surface area contributed by atoms with E-state index in [4.69, 9.17) is 0 Å². The number of nitrogens with zero attached hydrogens (tertiary/aromatic N) is 3. The summed E-state index contributed by atoms with van der Waals surface area (Å²) in [6, 6.07) is 16.9. The highest BCUT2D eigenvalue weighted by Gasteiger charge is 2.32. The van der Waals surface area contributed by atoms with Crippen LogP contribution in [0, 0.1) is 5.82 Å². The first-order valence-corrected chi connectivity index (χ1v) is 11.3. The van der Waals surface area contributed by atoms with Crippen molar-refractivity contribution >= 4 is 5.91 Å². The van der Waals surface area contributed by atoms with Gasteiger partial charge in [-0.05, 0) is 47.9 Å². The van der Waals surface area contributed by atoms with Gasteiger partial charge in [0.1, 0.15) is 18.1 Å². The summed E-state index contributed by atoms with van der Waals surface area (Å²) in [5.41, 5.74) is -0.720. The van der Waals surface area contributed by atoms with Crippen molar-refractivity contribution in [3.63, 3.8) is 0 Å². The Bertz CT molecular complexity index is 1480. The zero-order valence-electron chi connectivity index (χ0n) is 19.4. The largest absolute Gasteiger partial charge is 0.507 e. The number of phenolic OH excluding ortho intramolecular Hbond substituents is 1.